The summed E-state index contributed by atoms with van der Waals surface area (Å²) in [6, 6.07) is 12.6. The van der Waals surface area contributed by atoms with E-state index in [4.69, 9.17) is 4.74 Å². The van der Waals surface area contributed by atoms with Crippen LogP contribution in [-0.2, 0) is 17.7 Å². The zero-order valence-corrected chi connectivity index (χ0v) is 17.1. The molecule has 1 atom stereocenters. The molecule has 2 aromatic carbocycles. The molecule has 0 saturated heterocycles. The fourth-order valence-electron chi connectivity index (χ4n) is 3.38. The molecule has 3 aromatic rings. The molecule has 29 heavy (non-hydrogen) atoms. The number of methoxy groups -OCH3 is 1. The number of likely N-dealkylation sites (N-methyl/N-ethyl adjacent to an activating group) is 1. The lowest BCUT2D eigenvalue weighted by Gasteiger charge is -2.25. The second kappa shape index (κ2) is 8.45. The predicted molar refractivity (Wildman–Crippen MR) is 112 cm³/mol. The number of carbonyl (C=O) groups excluding carboxylic acids is 1. The van der Waals surface area contributed by atoms with Gasteiger partial charge in [0.25, 0.3) is 5.56 Å². The van der Waals surface area contributed by atoms with E-state index in [1.54, 1.807) is 0 Å². The molecule has 0 aliphatic carbocycles. The molecule has 1 N–H and O–H groups in total. The third kappa shape index (κ3) is 4.14. The standard InChI is InChI=1S/C22H25N3O4/c1-5-14-6-8-15(9-7-14)19(24(2)3)13-25-20(26)17-11-10-16(21(27)29-4)12-18(17)23-22(25)28/h6-12,19H,5,13H2,1-4H3,(H,23,28)/t19-/m1/s1. The number of aromatic amines is 1. The lowest BCUT2D eigenvalue weighted by Crippen LogP contribution is -2.39. The summed E-state index contributed by atoms with van der Waals surface area (Å²) >= 11 is 0. The van der Waals surface area contributed by atoms with Gasteiger partial charge >= 0.3 is 11.7 Å². The van der Waals surface area contributed by atoms with Crippen molar-refractivity contribution in [1.29, 1.82) is 0 Å². The molecule has 7 nitrogen and oxygen atoms in total. The number of hydrogen-bond acceptors (Lipinski definition) is 5. The summed E-state index contributed by atoms with van der Waals surface area (Å²) in [5.74, 6) is -0.528. The van der Waals surface area contributed by atoms with Gasteiger partial charge in [0.05, 0.1) is 36.2 Å². The number of aryl methyl sites for hydroxylation is 1. The highest BCUT2D eigenvalue weighted by atomic mass is 16.5. The lowest BCUT2D eigenvalue weighted by atomic mass is 10.0. The van der Waals surface area contributed by atoms with Crippen LogP contribution in [0.1, 0.15) is 34.5 Å². The molecule has 0 saturated carbocycles. The Kier molecular flexibility index (Phi) is 5.98. The van der Waals surface area contributed by atoms with Crippen LogP contribution in [0.15, 0.2) is 52.1 Å². The van der Waals surface area contributed by atoms with Crippen molar-refractivity contribution in [2.45, 2.75) is 25.9 Å². The first-order valence-electron chi connectivity index (χ1n) is 9.46. The molecule has 0 aliphatic rings. The fraction of sp³-hybridized carbons (Fsp3) is 0.318. The Morgan fingerprint density at radius 1 is 1.14 bits per heavy atom. The van der Waals surface area contributed by atoms with E-state index in [-0.39, 0.29) is 18.2 Å². The number of nitrogens with one attached hydrogen (secondary N) is 1. The Bertz CT molecular complexity index is 1140. The van der Waals surface area contributed by atoms with Crippen LogP contribution in [0, 0.1) is 0 Å². The van der Waals surface area contributed by atoms with Crippen LogP contribution in [0.5, 0.6) is 0 Å². The van der Waals surface area contributed by atoms with Gasteiger partial charge in [-0.05, 0) is 49.8 Å². The highest BCUT2D eigenvalue weighted by Gasteiger charge is 2.19. The number of H-pyrrole nitrogens is 1. The molecule has 0 unspecified atom stereocenters. The van der Waals surface area contributed by atoms with Crippen molar-refractivity contribution >= 4 is 16.9 Å². The average Bonchev–Trinajstić information content (AvgIpc) is 2.72. The number of carbonyl (C=O) groups is 1. The van der Waals surface area contributed by atoms with Crippen LogP contribution >= 0.6 is 0 Å². The van der Waals surface area contributed by atoms with Crippen LogP contribution in [0.4, 0.5) is 0 Å². The average molecular weight is 395 g/mol. The minimum absolute atomic E-state index is 0.147. The second-order valence-electron chi connectivity index (χ2n) is 7.17. The Balaban J connectivity index is 2.04. The summed E-state index contributed by atoms with van der Waals surface area (Å²) in [4.78, 5) is 42.1. The lowest BCUT2D eigenvalue weighted by molar-refractivity contribution is 0.0601. The molecule has 0 radical (unpaired) electrons. The van der Waals surface area contributed by atoms with Gasteiger partial charge in [-0.1, -0.05) is 31.2 Å². The van der Waals surface area contributed by atoms with Gasteiger partial charge in [-0.15, -0.1) is 0 Å². The van der Waals surface area contributed by atoms with Crippen molar-refractivity contribution in [2.75, 3.05) is 21.2 Å². The second-order valence-corrected chi connectivity index (χ2v) is 7.17. The molecule has 0 aliphatic heterocycles. The number of esters is 1. The summed E-state index contributed by atoms with van der Waals surface area (Å²) < 4.78 is 5.90. The van der Waals surface area contributed by atoms with Gasteiger partial charge < -0.3 is 14.6 Å². The van der Waals surface area contributed by atoms with E-state index in [1.807, 2.05) is 31.1 Å². The van der Waals surface area contributed by atoms with Crippen molar-refractivity contribution in [2.24, 2.45) is 0 Å². The zero-order valence-electron chi connectivity index (χ0n) is 17.1. The number of rotatable bonds is 6. The highest BCUT2D eigenvalue weighted by molar-refractivity contribution is 5.93. The van der Waals surface area contributed by atoms with Crippen LogP contribution < -0.4 is 11.2 Å². The van der Waals surface area contributed by atoms with Crippen LogP contribution in [0.2, 0.25) is 0 Å². The summed E-state index contributed by atoms with van der Waals surface area (Å²) in [6.07, 6.45) is 0.949. The molecule has 1 aromatic heterocycles. The third-order valence-electron chi connectivity index (χ3n) is 5.15. The van der Waals surface area contributed by atoms with Gasteiger partial charge in [0, 0.05) is 0 Å². The Morgan fingerprint density at radius 3 is 2.41 bits per heavy atom. The first kappa shape index (κ1) is 20.5. The maximum absolute atomic E-state index is 13.0. The number of aromatic nitrogens is 2. The van der Waals surface area contributed by atoms with Crippen molar-refractivity contribution in [3.63, 3.8) is 0 Å². The number of hydrogen-bond donors (Lipinski definition) is 1. The number of benzene rings is 2. The first-order chi connectivity index (χ1) is 13.8. The van der Waals surface area contributed by atoms with Crippen molar-refractivity contribution < 1.29 is 9.53 Å². The zero-order chi connectivity index (χ0) is 21.1. The van der Waals surface area contributed by atoms with Crippen LogP contribution in [-0.4, -0.2) is 41.6 Å². The number of ether oxygens (including phenoxy) is 1. The molecule has 3 rings (SSSR count). The minimum atomic E-state index is -0.528. The number of nitrogens with zero attached hydrogens (tertiary/aromatic N) is 2. The molecule has 0 spiro atoms. The maximum Gasteiger partial charge on any atom is 0.337 e. The minimum Gasteiger partial charge on any atom is -0.465 e. The molecule has 1 heterocycles. The van der Waals surface area contributed by atoms with E-state index < -0.39 is 17.2 Å². The topological polar surface area (TPSA) is 84.4 Å². The van der Waals surface area contributed by atoms with Gasteiger partial charge in [0.1, 0.15) is 0 Å². The smallest absolute Gasteiger partial charge is 0.337 e. The maximum atomic E-state index is 13.0. The normalized spacial score (nSPS) is 12.3. The predicted octanol–water partition coefficient (Wildman–Crippen LogP) is 2.34. The molecule has 152 valence electrons. The van der Waals surface area contributed by atoms with E-state index in [2.05, 4.69) is 24.0 Å². The van der Waals surface area contributed by atoms with Crippen LogP contribution in [0.3, 0.4) is 0 Å². The molecular weight excluding hydrogens is 370 g/mol. The van der Waals surface area contributed by atoms with Gasteiger partial charge in [-0.3, -0.25) is 9.36 Å². The van der Waals surface area contributed by atoms with E-state index in [1.165, 1.54) is 35.4 Å². The first-order valence-corrected chi connectivity index (χ1v) is 9.46. The summed E-state index contributed by atoms with van der Waals surface area (Å²) in [5.41, 5.74) is 1.94. The summed E-state index contributed by atoms with van der Waals surface area (Å²) in [6.45, 7) is 2.31. The van der Waals surface area contributed by atoms with Gasteiger partial charge in [0.2, 0.25) is 0 Å². The third-order valence-corrected chi connectivity index (χ3v) is 5.15. The van der Waals surface area contributed by atoms with E-state index in [0.29, 0.717) is 10.9 Å². The molecule has 0 bridgehead atoms. The highest BCUT2D eigenvalue weighted by Crippen LogP contribution is 2.20. The summed E-state index contributed by atoms with van der Waals surface area (Å²) in [7, 11) is 5.12. The van der Waals surface area contributed by atoms with Crippen molar-refractivity contribution in [3.8, 4) is 0 Å². The Labute approximate surface area is 168 Å². The van der Waals surface area contributed by atoms with Gasteiger partial charge in [-0.25, -0.2) is 9.59 Å². The van der Waals surface area contributed by atoms with E-state index >= 15 is 0 Å². The molecule has 7 heteroatoms. The molecule has 0 amide bonds. The SMILES string of the molecule is CCc1ccc([C@@H](Cn2c(=O)[nH]c3cc(C(=O)OC)ccc3c2=O)N(C)C)cc1. The van der Waals surface area contributed by atoms with Gasteiger partial charge in [0.15, 0.2) is 0 Å². The van der Waals surface area contributed by atoms with Crippen molar-refractivity contribution in [1.82, 2.24) is 14.5 Å². The number of fused-ring (bicyclic) bond motifs is 1. The Hall–Kier alpha value is -3.19. The molecular formula is C22H25N3O4. The van der Waals surface area contributed by atoms with Crippen LogP contribution in [0.25, 0.3) is 10.9 Å². The quantitative estimate of drug-likeness (QED) is 0.648. The largest absolute Gasteiger partial charge is 0.465 e. The van der Waals surface area contributed by atoms with Gasteiger partial charge in [-0.2, -0.15) is 0 Å². The summed E-state index contributed by atoms with van der Waals surface area (Å²) in [5, 5.41) is 0.344. The van der Waals surface area contributed by atoms with E-state index in [9.17, 15) is 14.4 Å². The Morgan fingerprint density at radius 2 is 1.83 bits per heavy atom. The van der Waals surface area contributed by atoms with E-state index in [0.717, 1.165) is 12.0 Å². The van der Waals surface area contributed by atoms with Crippen molar-refractivity contribution in [3.05, 3.63) is 80.0 Å². The molecule has 0 fully saturated rings. The monoisotopic (exact) mass is 395 g/mol. The fourth-order valence-corrected chi connectivity index (χ4v) is 3.38.